The number of methoxy groups -OCH3 is 2. The summed E-state index contributed by atoms with van der Waals surface area (Å²) in [5, 5.41) is 11.8. The summed E-state index contributed by atoms with van der Waals surface area (Å²) in [7, 11) is 3.16. The summed E-state index contributed by atoms with van der Waals surface area (Å²) in [6.07, 6.45) is 0.855. The molecule has 0 unspecified atom stereocenters. The van der Waals surface area contributed by atoms with Gasteiger partial charge < -0.3 is 19.9 Å². The molecule has 1 amide bonds. The molecule has 0 saturated carbocycles. The van der Waals surface area contributed by atoms with Gasteiger partial charge in [-0.25, -0.2) is 4.79 Å². The molecule has 6 nitrogen and oxygen atoms in total. The van der Waals surface area contributed by atoms with E-state index >= 15 is 0 Å². The number of hydrogen-bond acceptors (Lipinski definition) is 4. The maximum Gasteiger partial charge on any atom is 0.335 e. The number of carboxylic acids is 1. The van der Waals surface area contributed by atoms with Crippen LogP contribution in [0.3, 0.4) is 0 Å². The predicted molar refractivity (Wildman–Crippen MR) is 97.8 cm³/mol. The van der Waals surface area contributed by atoms with Crippen molar-refractivity contribution in [2.45, 2.75) is 25.8 Å². The quantitative estimate of drug-likeness (QED) is 0.758. The van der Waals surface area contributed by atoms with Gasteiger partial charge in [-0.3, -0.25) is 4.79 Å². The van der Waals surface area contributed by atoms with Crippen molar-refractivity contribution in [3.8, 4) is 11.5 Å². The number of carbonyl (C=O) groups is 2. The second kappa shape index (κ2) is 8.89. The number of carboxylic acid groups (broad SMARTS) is 1. The largest absolute Gasteiger partial charge is 0.497 e. The number of aromatic carboxylic acids is 1. The Hall–Kier alpha value is -3.02. The zero-order chi connectivity index (χ0) is 19.1. The zero-order valence-electron chi connectivity index (χ0n) is 15.1. The molecule has 0 fully saturated rings. The highest BCUT2D eigenvalue weighted by molar-refractivity contribution is 5.87. The summed E-state index contributed by atoms with van der Waals surface area (Å²) >= 11 is 0. The Balaban J connectivity index is 1.93. The van der Waals surface area contributed by atoms with Crippen molar-refractivity contribution >= 4 is 11.9 Å². The Kier molecular flexibility index (Phi) is 6.60. The number of carbonyl (C=O) groups excluding carboxylic acids is 1. The van der Waals surface area contributed by atoms with Crippen LogP contribution in [0.1, 0.15) is 40.9 Å². The molecule has 6 heteroatoms. The molecule has 0 bridgehead atoms. The van der Waals surface area contributed by atoms with Crippen LogP contribution in [0.15, 0.2) is 42.5 Å². The van der Waals surface area contributed by atoms with Crippen molar-refractivity contribution in [2.24, 2.45) is 0 Å². The molecule has 2 aromatic rings. The number of rotatable bonds is 8. The van der Waals surface area contributed by atoms with Gasteiger partial charge in [0.05, 0.1) is 25.8 Å². The van der Waals surface area contributed by atoms with Crippen molar-refractivity contribution < 1.29 is 24.2 Å². The second-order valence-corrected chi connectivity index (χ2v) is 5.90. The van der Waals surface area contributed by atoms with E-state index in [0.29, 0.717) is 24.3 Å². The number of benzene rings is 2. The normalized spacial score (nSPS) is 11.5. The molecule has 0 radical (unpaired) electrons. The Bertz CT molecular complexity index is 770. The molecule has 0 saturated heterocycles. The van der Waals surface area contributed by atoms with Gasteiger partial charge in [-0.05, 0) is 43.2 Å². The highest BCUT2D eigenvalue weighted by Gasteiger charge is 2.15. The molecular weight excluding hydrogens is 334 g/mol. The van der Waals surface area contributed by atoms with Gasteiger partial charge in [0.15, 0.2) is 0 Å². The van der Waals surface area contributed by atoms with E-state index in [4.69, 9.17) is 14.6 Å². The summed E-state index contributed by atoms with van der Waals surface area (Å²) in [6, 6.07) is 11.8. The highest BCUT2D eigenvalue weighted by Crippen LogP contribution is 2.29. The van der Waals surface area contributed by atoms with Crippen LogP contribution in [-0.4, -0.2) is 31.2 Å². The fourth-order valence-corrected chi connectivity index (χ4v) is 2.64. The van der Waals surface area contributed by atoms with Crippen molar-refractivity contribution in [1.29, 1.82) is 0 Å². The monoisotopic (exact) mass is 357 g/mol. The summed E-state index contributed by atoms with van der Waals surface area (Å²) < 4.78 is 10.6. The van der Waals surface area contributed by atoms with E-state index in [9.17, 15) is 9.59 Å². The standard InChI is InChI=1S/C20H23NO5/c1-13(17-10-9-16(25-2)12-18(17)26-3)21-19(22)11-6-14-4-7-15(8-5-14)20(23)24/h4-5,7-10,12-13H,6,11H2,1-3H3,(H,21,22)(H,23,24)/t13-/m0/s1. The number of ether oxygens (including phenoxy) is 2. The van der Waals surface area contributed by atoms with Crippen LogP contribution in [0, 0.1) is 0 Å². The van der Waals surface area contributed by atoms with Gasteiger partial charge in [0.2, 0.25) is 5.91 Å². The molecule has 2 N–H and O–H groups in total. The summed E-state index contributed by atoms with van der Waals surface area (Å²) in [5.41, 5.74) is 2.02. The van der Waals surface area contributed by atoms with Crippen molar-refractivity contribution in [3.05, 3.63) is 59.2 Å². The van der Waals surface area contributed by atoms with Gasteiger partial charge in [0.1, 0.15) is 11.5 Å². The first kappa shape index (κ1) is 19.3. The van der Waals surface area contributed by atoms with Crippen molar-refractivity contribution in [2.75, 3.05) is 14.2 Å². The van der Waals surface area contributed by atoms with E-state index in [-0.39, 0.29) is 17.5 Å². The lowest BCUT2D eigenvalue weighted by Crippen LogP contribution is -2.27. The SMILES string of the molecule is COc1ccc([C@H](C)NC(=O)CCc2ccc(C(=O)O)cc2)c(OC)c1. The Labute approximate surface area is 152 Å². The molecule has 2 aromatic carbocycles. The van der Waals surface area contributed by atoms with E-state index in [0.717, 1.165) is 11.1 Å². The minimum atomic E-state index is -0.962. The zero-order valence-corrected chi connectivity index (χ0v) is 15.1. The van der Waals surface area contributed by atoms with Gasteiger partial charge in [-0.1, -0.05) is 12.1 Å². The number of aryl methyl sites for hydroxylation is 1. The Morgan fingerprint density at radius 3 is 2.35 bits per heavy atom. The third kappa shape index (κ3) is 4.99. The number of amides is 1. The minimum Gasteiger partial charge on any atom is -0.497 e. The molecule has 0 aliphatic heterocycles. The van der Waals surface area contributed by atoms with E-state index < -0.39 is 5.97 Å². The molecule has 26 heavy (non-hydrogen) atoms. The Morgan fingerprint density at radius 2 is 1.77 bits per heavy atom. The number of hydrogen-bond donors (Lipinski definition) is 2. The maximum absolute atomic E-state index is 12.2. The first-order valence-corrected chi connectivity index (χ1v) is 8.28. The van der Waals surface area contributed by atoms with Crippen LogP contribution < -0.4 is 14.8 Å². The van der Waals surface area contributed by atoms with Crippen LogP contribution in [0.2, 0.25) is 0 Å². The maximum atomic E-state index is 12.2. The summed E-state index contributed by atoms with van der Waals surface area (Å²) in [6.45, 7) is 1.89. The lowest BCUT2D eigenvalue weighted by Gasteiger charge is -2.18. The fourth-order valence-electron chi connectivity index (χ4n) is 2.64. The van der Waals surface area contributed by atoms with Crippen LogP contribution in [0.4, 0.5) is 0 Å². The van der Waals surface area contributed by atoms with Gasteiger partial charge >= 0.3 is 5.97 Å². The summed E-state index contributed by atoms with van der Waals surface area (Å²) in [4.78, 5) is 23.1. The summed E-state index contributed by atoms with van der Waals surface area (Å²) in [5.74, 6) is 0.296. The van der Waals surface area contributed by atoms with Gasteiger partial charge in [0.25, 0.3) is 0 Å². The second-order valence-electron chi connectivity index (χ2n) is 5.90. The molecule has 2 rings (SSSR count). The third-order valence-electron chi connectivity index (χ3n) is 4.13. The highest BCUT2D eigenvalue weighted by atomic mass is 16.5. The third-order valence-corrected chi connectivity index (χ3v) is 4.13. The van der Waals surface area contributed by atoms with Crippen molar-refractivity contribution in [3.63, 3.8) is 0 Å². The molecule has 0 aliphatic carbocycles. The van der Waals surface area contributed by atoms with Crippen molar-refractivity contribution in [1.82, 2.24) is 5.32 Å². The fraction of sp³-hybridized carbons (Fsp3) is 0.300. The van der Waals surface area contributed by atoms with Crippen LogP contribution >= 0.6 is 0 Å². The Morgan fingerprint density at radius 1 is 1.08 bits per heavy atom. The minimum absolute atomic E-state index is 0.0855. The first-order valence-electron chi connectivity index (χ1n) is 8.28. The molecular formula is C20H23NO5. The van der Waals surface area contributed by atoms with Gasteiger partial charge in [-0.2, -0.15) is 0 Å². The van der Waals surface area contributed by atoms with Crippen LogP contribution in [0.5, 0.6) is 11.5 Å². The number of nitrogens with one attached hydrogen (secondary N) is 1. The molecule has 138 valence electrons. The van der Waals surface area contributed by atoms with E-state index in [1.165, 1.54) is 0 Å². The smallest absolute Gasteiger partial charge is 0.335 e. The first-order chi connectivity index (χ1) is 12.4. The molecule has 0 heterocycles. The van der Waals surface area contributed by atoms with Crippen LogP contribution in [0.25, 0.3) is 0 Å². The average molecular weight is 357 g/mol. The topological polar surface area (TPSA) is 84.9 Å². The van der Waals surface area contributed by atoms with Gasteiger partial charge in [0, 0.05) is 18.1 Å². The predicted octanol–water partition coefficient (Wildman–Crippen LogP) is 3.21. The van der Waals surface area contributed by atoms with Crippen LogP contribution in [-0.2, 0) is 11.2 Å². The molecule has 1 atom stereocenters. The van der Waals surface area contributed by atoms with E-state index in [2.05, 4.69) is 5.32 Å². The lowest BCUT2D eigenvalue weighted by atomic mass is 10.0. The average Bonchev–Trinajstić information content (AvgIpc) is 2.65. The molecule has 0 aromatic heterocycles. The van der Waals surface area contributed by atoms with E-state index in [1.54, 1.807) is 44.6 Å². The van der Waals surface area contributed by atoms with E-state index in [1.807, 2.05) is 19.1 Å². The van der Waals surface area contributed by atoms with Gasteiger partial charge in [-0.15, -0.1) is 0 Å². The lowest BCUT2D eigenvalue weighted by molar-refractivity contribution is -0.121. The molecule has 0 spiro atoms. The molecule has 0 aliphatic rings.